The highest BCUT2D eigenvalue weighted by molar-refractivity contribution is 7.89. The topological polar surface area (TPSA) is 90.2 Å². The lowest BCUT2D eigenvalue weighted by Gasteiger charge is -2.30. The first-order valence-corrected chi connectivity index (χ1v) is 7.19. The fourth-order valence-electron chi connectivity index (χ4n) is 2.16. The fourth-order valence-corrected chi connectivity index (χ4v) is 2.90. The van der Waals surface area contributed by atoms with Crippen LogP contribution in [0, 0.1) is 23.2 Å². The minimum atomic E-state index is -3.46. The van der Waals surface area contributed by atoms with Crippen LogP contribution < -0.4 is 4.72 Å². The lowest BCUT2D eigenvalue weighted by Crippen LogP contribution is -2.36. The molecule has 0 aromatic carbocycles. The average Bonchev–Trinajstić information content (AvgIpc) is 2.27. The molecule has 0 spiro atoms. The van der Waals surface area contributed by atoms with E-state index in [1.807, 2.05) is 0 Å². The van der Waals surface area contributed by atoms with E-state index in [9.17, 15) is 8.42 Å². The SMILES string of the molecule is N#CCS(=O)(=O)NCC1CCCCC1CO. The highest BCUT2D eigenvalue weighted by atomic mass is 32.2. The van der Waals surface area contributed by atoms with Crippen LogP contribution in [0.25, 0.3) is 0 Å². The molecule has 0 bridgehead atoms. The molecule has 1 aliphatic carbocycles. The van der Waals surface area contributed by atoms with Crippen molar-refractivity contribution in [3.05, 3.63) is 0 Å². The van der Waals surface area contributed by atoms with E-state index in [-0.39, 0.29) is 18.4 Å². The molecular weight excluding hydrogens is 228 g/mol. The first kappa shape index (κ1) is 13.4. The molecule has 2 unspecified atom stereocenters. The van der Waals surface area contributed by atoms with E-state index >= 15 is 0 Å². The van der Waals surface area contributed by atoms with Crippen LogP contribution in [0.5, 0.6) is 0 Å². The maximum absolute atomic E-state index is 11.3. The van der Waals surface area contributed by atoms with Crippen LogP contribution >= 0.6 is 0 Å². The summed E-state index contributed by atoms with van der Waals surface area (Å²) in [6.07, 6.45) is 4.09. The van der Waals surface area contributed by atoms with Crippen LogP contribution in [0.4, 0.5) is 0 Å². The van der Waals surface area contributed by atoms with Crippen molar-refractivity contribution >= 4 is 10.0 Å². The molecular formula is C10H18N2O3S. The third-order valence-corrected chi connectivity index (χ3v) is 4.24. The van der Waals surface area contributed by atoms with Gasteiger partial charge in [-0.25, -0.2) is 13.1 Å². The molecule has 1 saturated carbocycles. The zero-order chi connectivity index (χ0) is 12.0. The van der Waals surface area contributed by atoms with Gasteiger partial charge in [0.25, 0.3) is 0 Å². The summed E-state index contributed by atoms with van der Waals surface area (Å²) in [5.41, 5.74) is 0. The second kappa shape index (κ2) is 6.18. The lowest BCUT2D eigenvalue weighted by atomic mass is 9.80. The molecule has 0 heterocycles. The Bertz CT molecular complexity index is 348. The minimum absolute atomic E-state index is 0.116. The molecule has 0 amide bonds. The van der Waals surface area contributed by atoms with E-state index in [1.165, 1.54) is 0 Å². The summed E-state index contributed by atoms with van der Waals surface area (Å²) in [5, 5.41) is 17.5. The van der Waals surface area contributed by atoms with E-state index < -0.39 is 15.8 Å². The molecule has 0 aromatic rings. The van der Waals surface area contributed by atoms with E-state index in [4.69, 9.17) is 10.4 Å². The third-order valence-electron chi connectivity index (χ3n) is 3.12. The van der Waals surface area contributed by atoms with Crippen LogP contribution in [-0.2, 0) is 10.0 Å². The van der Waals surface area contributed by atoms with Gasteiger partial charge in [-0.05, 0) is 24.7 Å². The fraction of sp³-hybridized carbons (Fsp3) is 0.900. The molecule has 0 aliphatic heterocycles. The van der Waals surface area contributed by atoms with Crippen molar-refractivity contribution in [3.8, 4) is 6.07 Å². The number of hydrogen-bond donors (Lipinski definition) is 2. The summed E-state index contributed by atoms with van der Waals surface area (Å²) in [6.45, 7) is 0.458. The molecule has 0 radical (unpaired) electrons. The quantitative estimate of drug-likeness (QED) is 0.726. The number of nitrogens with one attached hydrogen (secondary N) is 1. The Kier molecular flexibility index (Phi) is 5.19. The minimum Gasteiger partial charge on any atom is -0.396 e. The monoisotopic (exact) mass is 246 g/mol. The van der Waals surface area contributed by atoms with Gasteiger partial charge in [-0.2, -0.15) is 5.26 Å². The standard InChI is InChI=1S/C10H18N2O3S/c11-5-6-16(14,15)12-7-9-3-1-2-4-10(9)8-13/h9-10,12-13H,1-4,6-8H2. The molecule has 2 atom stereocenters. The number of rotatable bonds is 5. The highest BCUT2D eigenvalue weighted by Crippen LogP contribution is 2.29. The van der Waals surface area contributed by atoms with Crippen molar-refractivity contribution in [1.82, 2.24) is 4.72 Å². The number of aliphatic hydroxyl groups excluding tert-OH is 1. The summed E-state index contributed by atoms with van der Waals surface area (Å²) in [5.74, 6) is -0.102. The Morgan fingerprint density at radius 2 is 1.94 bits per heavy atom. The molecule has 0 aromatic heterocycles. The van der Waals surface area contributed by atoms with Gasteiger partial charge in [0, 0.05) is 13.2 Å². The smallest absolute Gasteiger partial charge is 0.225 e. The Labute approximate surface area is 96.5 Å². The van der Waals surface area contributed by atoms with Crippen LogP contribution in [0.1, 0.15) is 25.7 Å². The normalized spacial score (nSPS) is 26.2. The second-order valence-electron chi connectivity index (χ2n) is 4.25. The van der Waals surface area contributed by atoms with Gasteiger partial charge in [0.15, 0.2) is 5.75 Å². The van der Waals surface area contributed by atoms with Crippen molar-refractivity contribution in [2.75, 3.05) is 18.9 Å². The van der Waals surface area contributed by atoms with Gasteiger partial charge in [0.05, 0.1) is 6.07 Å². The first-order valence-electron chi connectivity index (χ1n) is 5.54. The first-order chi connectivity index (χ1) is 7.59. The van der Waals surface area contributed by atoms with Crippen LogP contribution in [0.15, 0.2) is 0 Å². The van der Waals surface area contributed by atoms with Crippen LogP contribution in [0.2, 0.25) is 0 Å². The van der Waals surface area contributed by atoms with Crippen molar-refractivity contribution in [2.24, 2.45) is 11.8 Å². The van der Waals surface area contributed by atoms with Crippen molar-refractivity contribution in [1.29, 1.82) is 5.26 Å². The molecule has 92 valence electrons. The Morgan fingerprint density at radius 3 is 2.50 bits per heavy atom. The number of aliphatic hydroxyl groups is 1. The van der Waals surface area contributed by atoms with Gasteiger partial charge in [-0.3, -0.25) is 0 Å². The number of nitriles is 1. The number of sulfonamides is 1. The van der Waals surface area contributed by atoms with Crippen LogP contribution in [0.3, 0.4) is 0 Å². The summed E-state index contributed by atoms with van der Waals surface area (Å²) >= 11 is 0. The molecule has 0 saturated heterocycles. The predicted octanol–water partition coefficient (Wildman–Crippen LogP) is 0.228. The average molecular weight is 246 g/mol. The van der Waals surface area contributed by atoms with Gasteiger partial charge in [0.1, 0.15) is 0 Å². The molecule has 1 aliphatic rings. The van der Waals surface area contributed by atoms with Gasteiger partial charge >= 0.3 is 0 Å². The maximum atomic E-state index is 11.3. The van der Waals surface area contributed by atoms with E-state index in [0.29, 0.717) is 6.54 Å². The summed E-state index contributed by atoms with van der Waals surface area (Å²) in [7, 11) is -3.46. The third kappa shape index (κ3) is 4.08. The molecule has 2 N–H and O–H groups in total. The highest BCUT2D eigenvalue weighted by Gasteiger charge is 2.25. The Morgan fingerprint density at radius 1 is 1.31 bits per heavy atom. The number of nitrogens with zero attached hydrogens (tertiary/aromatic N) is 1. The van der Waals surface area contributed by atoms with E-state index in [0.717, 1.165) is 25.7 Å². The van der Waals surface area contributed by atoms with E-state index in [2.05, 4.69) is 4.72 Å². The second-order valence-corrected chi connectivity index (χ2v) is 6.06. The summed E-state index contributed by atoms with van der Waals surface area (Å²) in [4.78, 5) is 0. The molecule has 16 heavy (non-hydrogen) atoms. The zero-order valence-corrected chi connectivity index (χ0v) is 10.0. The summed E-state index contributed by atoms with van der Waals surface area (Å²) < 4.78 is 25.0. The number of hydrogen-bond acceptors (Lipinski definition) is 4. The van der Waals surface area contributed by atoms with Crippen molar-refractivity contribution in [2.45, 2.75) is 25.7 Å². The van der Waals surface area contributed by atoms with Crippen LogP contribution in [-0.4, -0.2) is 32.4 Å². The molecule has 1 rings (SSSR count). The van der Waals surface area contributed by atoms with Gasteiger partial charge in [-0.15, -0.1) is 0 Å². The summed E-state index contributed by atoms with van der Waals surface area (Å²) in [6, 6.07) is 1.62. The van der Waals surface area contributed by atoms with Gasteiger partial charge in [-0.1, -0.05) is 12.8 Å². The largest absolute Gasteiger partial charge is 0.396 e. The van der Waals surface area contributed by atoms with Gasteiger partial charge in [0.2, 0.25) is 10.0 Å². The molecule has 1 fully saturated rings. The zero-order valence-electron chi connectivity index (χ0n) is 9.22. The van der Waals surface area contributed by atoms with Crippen molar-refractivity contribution < 1.29 is 13.5 Å². The molecule has 6 heteroatoms. The predicted molar refractivity (Wildman–Crippen MR) is 59.9 cm³/mol. The molecule has 5 nitrogen and oxygen atoms in total. The van der Waals surface area contributed by atoms with Crippen molar-refractivity contribution in [3.63, 3.8) is 0 Å². The lowest BCUT2D eigenvalue weighted by molar-refractivity contribution is 0.136. The van der Waals surface area contributed by atoms with Gasteiger partial charge < -0.3 is 5.11 Å². The van der Waals surface area contributed by atoms with E-state index in [1.54, 1.807) is 6.07 Å². The Hall–Kier alpha value is -0.640. The Balaban J connectivity index is 2.44. The maximum Gasteiger partial charge on any atom is 0.225 e.